The van der Waals surface area contributed by atoms with Gasteiger partial charge in [-0.1, -0.05) is 0 Å². The largest absolute Gasteiger partial charge is 0.467 e. The summed E-state index contributed by atoms with van der Waals surface area (Å²) in [6.07, 6.45) is 1.22. The molecule has 0 aliphatic rings. The Morgan fingerprint density at radius 1 is 1.70 bits per heavy atom. The number of nitrogens with zero attached hydrogens (tertiary/aromatic N) is 1. The second kappa shape index (κ2) is 2.96. The zero-order chi connectivity index (χ0) is 7.56. The topological polar surface area (TPSA) is 22.1 Å². The van der Waals surface area contributed by atoms with E-state index in [0.29, 0.717) is 5.19 Å². The third kappa shape index (κ3) is 1.95. The van der Waals surface area contributed by atoms with Crippen LogP contribution in [0.25, 0.3) is 0 Å². The third-order valence-corrected chi connectivity index (χ3v) is 1.47. The summed E-state index contributed by atoms with van der Waals surface area (Å²) in [6.45, 7) is 3.75. The molecule has 1 aromatic rings. The van der Waals surface area contributed by atoms with Crippen molar-refractivity contribution < 1.29 is 9.13 Å². The van der Waals surface area contributed by atoms with E-state index in [0.717, 1.165) is 17.5 Å². The number of halogens is 1. The second-order valence-electron chi connectivity index (χ2n) is 2.10. The molecule has 0 saturated carbocycles. The molecule has 0 unspecified atom stereocenters. The summed E-state index contributed by atoms with van der Waals surface area (Å²) in [7, 11) is 0. The molecule has 1 aromatic heterocycles. The molecule has 10 heavy (non-hydrogen) atoms. The van der Waals surface area contributed by atoms with Gasteiger partial charge in [0.25, 0.3) is 5.19 Å². The minimum Gasteiger partial charge on any atom is -0.467 e. The Labute approximate surface area is 62.7 Å². The first kappa shape index (κ1) is 7.47. The summed E-state index contributed by atoms with van der Waals surface area (Å²) in [4.78, 5) is 3.68. The summed E-state index contributed by atoms with van der Waals surface area (Å²) in [5, 5.41) is 0.0863. The molecule has 0 fully saturated rings. The molecule has 0 radical (unpaired) electrons. The first-order chi connectivity index (χ1) is 4.68. The van der Waals surface area contributed by atoms with Gasteiger partial charge in [0.05, 0.1) is 12.3 Å². The van der Waals surface area contributed by atoms with Gasteiger partial charge < -0.3 is 4.74 Å². The molecule has 0 saturated heterocycles. The van der Waals surface area contributed by atoms with E-state index in [2.05, 4.69) is 4.98 Å². The Morgan fingerprint density at radius 2 is 2.40 bits per heavy atom. The zero-order valence-electron chi connectivity index (χ0n) is 5.80. The molecule has 2 nitrogen and oxygen atoms in total. The number of ether oxygens (including phenoxy) is 1. The van der Waals surface area contributed by atoms with E-state index in [1.807, 2.05) is 13.8 Å². The summed E-state index contributed by atoms with van der Waals surface area (Å²) in [5.74, 6) is 0. The van der Waals surface area contributed by atoms with Crippen molar-refractivity contribution >= 4 is 11.3 Å². The Kier molecular flexibility index (Phi) is 2.21. The Balaban J connectivity index is 2.58. The lowest BCUT2D eigenvalue weighted by atomic mass is 10.5. The quantitative estimate of drug-likeness (QED) is 0.662. The summed E-state index contributed by atoms with van der Waals surface area (Å²) < 4.78 is 17.4. The average Bonchev–Trinajstić information content (AvgIpc) is 2.13. The van der Waals surface area contributed by atoms with Gasteiger partial charge in [-0.3, -0.25) is 0 Å². The van der Waals surface area contributed by atoms with Crippen LogP contribution >= 0.6 is 11.3 Å². The van der Waals surface area contributed by atoms with Crippen LogP contribution < -0.4 is 4.74 Å². The molecular formula is C6H8FNOS. The van der Waals surface area contributed by atoms with Gasteiger partial charge in [-0.15, -0.1) is 0 Å². The van der Waals surface area contributed by atoms with E-state index in [1.54, 1.807) is 0 Å². The fourth-order valence-electron chi connectivity index (χ4n) is 0.496. The first-order valence-electron chi connectivity index (χ1n) is 2.96. The fourth-order valence-corrected chi connectivity index (χ4v) is 1.11. The van der Waals surface area contributed by atoms with Crippen LogP contribution in [0.2, 0.25) is 0 Å². The van der Waals surface area contributed by atoms with Crippen LogP contribution in [-0.4, -0.2) is 11.1 Å². The van der Waals surface area contributed by atoms with Gasteiger partial charge in [-0.05, 0) is 25.2 Å². The number of hydrogen-bond donors (Lipinski definition) is 0. The molecule has 56 valence electrons. The minimum absolute atomic E-state index is 0.0607. The van der Waals surface area contributed by atoms with E-state index in [1.165, 1.54) is 0 Å². The van der Waals surface area contributed by atoms with Gasteiger partial charge in [0, 0.05) is 0 Å². The minimum atomic E-state index is -0.310. The van der Waals surface area contributed by atoms with Crippen molar-refractivity contribution in [2.45, 2.75) is 20.0 Å². The third-order valence-electron chi connectivity index (χ3n) is 0.793. The zero-order valence-corrected chi connectivity index (χ0v) is 6.61. The number of aromatic nitrogens is 1. The average molecular weight is 161 g/mol. The number of hydrogen-bond acceptors (Lipinski definition) is 3. The van der Waals surface area contributed by atoms with Gasteiger partial charge >= 0.3 is 0 Å². The van der Waals surface area contributed by atoms with Crippen LogP contribution in [0.1, 0.15) is 13.8 Å². The normalized spacial score (nSPS) is 10.4. The van der Waals surface area contributed by atoms with Crippen LogP contribution in [0.3, 0.4) is 0 Å². The van der Waals surface area contributed by atoms with Crippen molar-refractivity contribution in [1.82, 2.24) is 4.98 Å². The van der Waals surface area contributed by atoms with Crippen molar-refractivity contribution in [1.29, 1.82) is 0 Å². The van der Waals surface area contributed by atoms with Crippen molar-refractivity contribution in [2.75, 3.05) is 0 Å². The number of thiazole rings is 1. The van der Waals surface area contributed by atoms with Gasteiger partial charge in [-0.2, -0.15) is 4.39 Å². The predicted octanol–water partition coefficient (Wildman–Crippen LogP) is 2.07. The lowest BCUT2D eigenvalue weighted by Crippen LogP contribution is -2.04. The van der Waals surface area contributed by atoms with Gasteiger partial charge in [0.2, 0.25) is 0 Å². The summed E-state index contributed by atoms with van der Waals surface area (Å²) in [5.41, 5.74) is 0. The maximum Gasteiger partial charge on any atom is 0.276 e. The Morgan fingerprint density at radius 3 is 2.80 bits per heavy atom. The van der Waals surface area contributed by atoms with Crippen LogP contribution in [0.4, 0.5) is 4.39 Å². The molecule has 1 heterocycles. The molecule has 0 amide bonds. The van der Waals surface area contributed by atoms with Crippen molar-refractivity contribution in [3.05, 3.63) is 11.3 Å². The first-order valence-corrected chi connectivity index (χ1v) is 3.78. The van der Waals surface area contributed by atoms with E-state index in [-0.39, 0.29) is 11.2 Å². The van der Waals surface area contributed by atoms with Gasteiger partial charge in [-0.25, -0.2) is 4.98 Å². The highest BCUT2D eigenvalue weighted by molar-refractivity contribution is 7.11. The molecule has 0 N–H and O–H groups in total. The van der Waals surface area contributed by atoms with Crippen molar-refractivity contribution in [3.63, 3.8) is 0 Å². The van der Waals surface area contributed by atoms with E-state index in [4.69, 9.17) is 4.74 Å². The summed E-state index contributed by atoms with van der Waals surface area (Å²) >= 11 is 0.916. The fraction of sp³-hybridized carbons (Fsp3) is 0.500. The summed E-state index contributed by atoms with van der Waals surface area (Å²) in [6, 6.07) is 0. The standard InChI is InChI=1S/C6H8FNOS/c1-4(2)9-6-8-3-5(7)10-6/h3-4H,1-2H3. The molecule has 0 atom stereocenters. The molecule has 0 spiro atoms. The molecule has 0 bridgehead atoms. The molecule has 1 rings (SSSR count). The molecule has 0 aromatic carbocycles. The van der Waals surface area contributed by atoms with Crippen LogP contribution in [0, 0.1) is 5.13 Å². The second-order valence-corrected chi connectivity index (χ2v) is 3.04. The maximum absolute atomic E-state index is 12.3. The van der Waals surface area contributed by atoms with Gasteiger partial charge in [0.15, 0.2) is 5.13 Å². The smallest absolute Gasteiger partial charge is 0.276 e. The lowest BCUT2D eigenvalue weighted by molar-refractivity contribution is 0.241. The van der Waals surface area contributed by atoms with Crippen LogP contribution in [0.15, 0.2) is 6.20 Å². The SMILES string of the molecule is CC(C)Oc1ncc(F)s1. The van der Waals surface area contributed by atoms with E-state index >= 15 is 0 Å². The highest BCUT2D eigenvalue weighted by Crippen LogP contribution is 2.19. The predicted molar refractivity (Wildman–Crippen MR) is 37.8 cm³/mol. The van der Waals surface area contributed by atoms with Gasteiger partial charge in [0.1, 0.15) is 0 Å². The van der Waals surface area contributed by atoms with E-state index in [9.17, 15) is 4.39 Å². The molecule has 0 aliphatic carbocycles. The number of rotatable bonds is 2. The van der Waals surface area contributed by atoms with Crippen molar-refractivity contribution in [2.24, 2.45) is 0 Å². The van der Waals surface area contributed by atoms with E-state index < -0.39 is 0 Å². The molecular weight excluding hydrogens is 153 g/mol. The van der Waals surface area contributed by atoms with Crippen molar-refractivity contribution in [3.8, 4) is 5.19 Å². The molecule has 4 heteroatoms. The Hall–Kier alpha value is -0.640. The van der Waals surface area contributed by atoms with Crippen LogP contribution in [-0.2, 0) is 0 Å². The maximum atomic E-state index is 12.3. The Bertz CT molecular complexity index is 211. The van der Waals surface area contributed by atoms with Crippen LogP contribution in [0.5, 0.6) is 5.19 Å². The lowest BCUT2D eigenvalue weighted by Gasteiger charge is -2.03. The highest BCUT2D eigenvalue weighted by Gasteiger charge is 2.02. The molecule has 0 aliphatic heterocycles. The monoisotopic (exact) mass is 161 g/mol. The highest BCUT2D eigenvalue weighted by atomic mass is 32.1.